The summed E-state index contributed by atoms with van der Waals surface area (Å²) in [5, 5.41) is 9.15. The summed E-state index contributed by atoms with van der Waals surface area (Å²) in [6, 6.07) is 2.98. The van der Waals surface area contributed by atoms with E-state index < -0.39 is 11.4 Å². The number of furan rings is 1. The van der Waals surface area contributed by atoms with Gasteiger partial charge in [0, 0.05) is 12.8 Å². The van der Waals surface area contributed by atoms with Gasteiger partial charge in [-0.3, -0.25) is 9.59 Å². The number of hydrogen-bond acceptors (Lipinski definition) is 3. The minimum Gasteiger partial charge on any atom is -0.480 e. The molecule has 1 N–H and O–H groups in total. The van der Waals surface area contributed by atoms with E-state index in [9.17, 15) is 9.59 Å². The fourth-order valence-corrected chi connectivity index (χ4v) is 1.77. The Morgan fingerprint density at radius 2 is 2.14 bits per heavy atom. The van der Waals surface area contributed by atoms with Gasteiger partial charge in [-0.15, -0.1) is 0 Å². The normalized spacial score (nSPS) is 19.1. The molecule has 0 amide bonds. The fourth-order valence-electron chi connectivity index (χ4n) is 1.62. The molecule has 5 heteroatoms. The Morgan fingerprint density at radius 3 is 2.50 bits per heavy atom. The van der Waals surface area contributed by atoms with Crippen LogP contribution in [0.4, 0.5) is 0 Å². The molecule has 0 atom stereocenters. The van der Waals surface area contributed by atoms with Crippen LogP contribution in [0.15, 0.2) is 16.5 Å². The molecule has 1 saturated carbocycles. The first kappa shape index (κ1) is 9.27. The molecule has 1 heterocycles. The maximum Gasteiger partial charge on any atom is 0.318 e. The molecule has 1 aromatic heterocycles. The van der Waals surface area contributed by atoms with Crippen molar-refractivity contribution in [3.8, 4) is 0 Å². The second-order valence-electron chi connectivity index (χ2n) is 3.38. The van der Waals surface area contributed by atoms with E-state index in [-0.39, 0.29) is 29.6 Å². The van der Waals surface area contributed by atoms with E-state index in [0.29, 0.717) is 0 Å². The zero-order valence-electron chi connectivity index (χ0n) is 7.12. The number of hydrogen-bond donors (Lipinski definition) is 1. The monoisotopic (exact) mass is 214 g/mol. The highest BCUT2D eigenvalue weighted by molar-refractivity contribution is 6.28. The Morgan fingerprint density at radius 1 is 1.50 bits per heavy atom. The van der Waals surface area contributed by atoms with Crippen LogP contribution in [0.25, 0.3) is 0 Å². The molecule has 1 aliphatic rings. The lowest BCUT2D eigenvalue weighted by atomic mass is 9.66. The predicted molar refractivity (Wildman–Crippen MR) is 47.3 cm³/mol. The van der Waals surface area contributed by atoms with Gasteiger partial charge in [0.15, 0.2) is 5.22 Å². The lowest BCUT2D eigenvalue weighted by molar-refractivity contribution is -0.154. The molecule has 0 bridgehead atoms. The Labute approximate surface area is 84.5 Å². The van der Waals surface area contributed by atoms with Crippen LogP contribution < -0.4 is 0 Å². The summed E-state index contributed by atoms with van der Waals surface area (Å²) in [6.07, 6.45) is -0.0155. The van der Waals surface area contributed by atoms with Crippen LogP contribution in [-0.2, 0) is 15.0 Å². The van der Waals surface area contributed by atoms with E-state index in [1.165, 1.54) is 12.1 Å². The third-order valence-corrected chi connectivity index (χ3v) is 2.66. The van der Waals surface area contributed by atoms with Crippen LogP contribution in [0, 0.1) is 0 Å². The number of aliphatic carboxylic acids is 1. The Balaban J connectivity index is 2.38. The van der Waals surface area contributed by atoms with E-state index in [4.69, 9.17) is 21.1 Å². The summed E-state index contributed by atoms with van der Waals surface area (Å²) in [6.45, 7) is 0. The van der Waals surface area contributed by atoms with E-state index in [2.05, 4.69) is 0 Å². The first-order valence-electron chi connectivity index (χ1n) is 4.05. The molecule has 14 heavy (non-hydrogen) atoms. The number of Topliss-reactive ketones (excluding diaryl/α,β-unsaturated/α-hetero) is 1. The quantitative estimate of drug-likeness (QED) is 0.812. The Kier molecular flexibility index (Phi) is 1.89. The minimum atomic E-state index is -1.18. The predicted octanol–water partition coefficient (Wildman–Crippen LogP) is 1.62. The number of carboxylic acid groups (broad SMARTS) is 1. The molecule has 1 aromatic rings. The maximum absolute atomic E-state index is 11.0. The van der Waals surface area contributed by atoms with Crippen LogP contribution in [0.5, 0.6) is 0 Å². The second-order valence-corrected chi connectivity index (χ2v) is 3.76. The molecule has 0 unspecified atom stereocenters. The lowest BCUT2D eigenvalue weighted by Gasteiger charge is -2.33. The van der Waals surface area contributed by atoms with Crippen LogP contribution in [0.2, 0.25) is 5.22 Å². The second kappa shape index (κ2) is 2.85. The number of halogens is 1. The molecule has 1 fully saturated rings. The largest absolute Gasteiger partial charge is 0.480 e. The third-order valence-electron chi connectivity index (χ3n) is 2.45. The van der Waals surface area contributed by atoms with E-state index in [1.54, 1.807) is 0 Å². The van der Waals surface area contributed by atoms with Crippen molar-refractivity contribution in [3.05, 3.63) is 23.1 Å². The molecule has 2 rings (SSSR count). The molecule has 1 aliphatic carbocycles. The molecule has 4 nitrogen and oxygen atoms in total. The van der Waals surface area contributed by atoms with Crippen LogP contribution in [0.3, 0.4) is 0 Å². The van der Waals surface area contributed by atoms with Gasteiger partial charge < -0.3 is 9.52 Å². The average molecular weight is 215 g/mol. The molecular formula is C9H7ClO4. The van der Waals surface area contributed by atoms with Gasteiger partial charge in [-0.1, -0.05) is 0 Å². The molecule has 0 radical (unpaired) electrons. The van der Waals surface area contributed by atoms with Gasteiger partial charge in [-0.05, 0) is 23.7 Å². The fraction of sp³-hybridized carbons (Fsp3) is 0.333. The maximum atomic E-state index is 11.0. The SMILES string of the molecule is O=C1CC(C(=O)O)(c2ccc(Cl)o2)C1. The van der Waals surface area contributed by atoms with E-state index in [0.717, 1.165) is 0 Å². The summed E-state index contributed by atoms with van der Waals surface area (Å²) in [5.74, 6) is -0.849. The van der Waals surface area contributed by atoms with Crippen molar-refractivity contribution in [2.75, 3.05) is 0 Å². The third kappa shape index (κ3) is 1.14. The summed E-state index contributed by atoms with van der Waals surface area (Å²) in [5.41, 5.74) is -1.18. The zero-order valence-corrected chi connectivity index (χ0v) is 7.87. The zero-order chi connectivity index (χ0) is 10.3. The molecule has 0 saturated heterocycles. The average Bonchev–Trinajstić information content (AvgIpc) is 2.45. The van der Waals surface area contributed by atoms with Gasteiger partial charge >= 0.3 is 5.97 Å². The highest BCUT2D eigenvalue weighted by Gasteiger charge is 2.53. The van der Waals surface area contributed by atoms with Gasteiger partial charge in [0.1, 0.15) is 17.0 Å². The molecule has 0 aliphatic heterocycles. The van der Waals surface area contributed by atoms with Crippen molar-refractivity contribution < 1.29 is 19.1 Å². The Bertz CT molecular complexity index is 399. The number of carbonyl (C=O) groups excluding carboxylic acids is 1. The number of ketones is 1. The van der Waals surface area contributed by atoms with Crippen molar-refractivity contribution in [1.82, 2.24) is 0 Å². The topological polar surface area (TPSA) is 67.5 Å². The van der Waals surface area contributed by atoms with Crippen LogP contribution in [0.1, 0.15) is 18.6 Å². The van der Waals surface area contributed by atoms with Gasteiger partial charge in [0.25, 0.3) is 0 Å². The summed E-state index contributed by atoms with van der Waals surface area (Å²) in [4.78, 5) is 21.9. The summed E-state index contributed by atoms with van der Waals surface area (Å²) in [7, 11) is 0. The standard InChI is InChI=1S/C9H7ClO4/c10-7-2-1-6(14-7)9(8(12)13)3-5(11)4-9/h1-2H,3-4H2,(H,12,13). The van der Waals surface area contributed by atoms with Crippen LogP contribution in [-0.4, -0.2) is 16.9 Å². The highest BCUT2D eigenvalue weighted by atomic mass is 35.5. The van der Waals surface area contributed by atoms with E-state index >= 15 is 0 Å². The van der Waals surface area contributed by atoms with Crippen LogP contribution >= 0.6 is 11.6 Å². The van der Waals surface area contributed by atoms with Crippen molar-refractivity contribution in [2.45, 2.75) is 18.3 Å². The summed E-state index contributed by atoms with van der Waals surface area (Å²) < 4.78 is 5.03. The van der Waals surface area contributed by atoms with Gasteiger partial charge in [-0.2, -0.15) is 0 Å². The van der Waals surface area contributed by atoms with Crippen molar-refractivity contribution in [1.29, 1.82) is 0 Å². The first-order valence-corrected chi connectivity index (χ1v) is 4.43. The smallest absolute Gasteiger partial charge is 0.318 e. The molecular weight excluding hydrogens is 208 g/mol. The number of carboxylic acids is 1. The number of carbonyl (C=O) groups is 2. The number of rotatable bonds is 2. The molecule has 74 valence electrons. The van der Waals surface area contributed by atoms with Crippen molar-refractivity contribution >= 4 is 23.4 Å². The van der Waals surface area contributed by atoms with Gasteiger partial charge in [0.05, 0.1) is 0 Å². The molecule has 0 spiro atoms. The first-order chi connectivity index (χ1) is 6.54. The highest BCUT2D eigenvalue weighted by Crippen LogP contribution is 2.42. The molecule has 0 aromatic carbocycles. The van der Waals surface area contributed by atoms with Gasteiger partial charge in [0.2, 0.25) is 0 Å². The van der Waals surface area contributed by atoms with Crippen molar-refractivity contribution in [2.24, 2.45) is 0 Å². The summed E-state index contributed by atoms with van der Waals surface area (Å²) >= 11 is 5.54. The van der Waals surface area contributed by atoms with Gasteiger partial charge in [-0.25, -0.2) is 0 Å². The minimum absolute atomic E-state index is 0.00776. The Hall–Kier alpha value is -1.29. The lowest BCUT2D eigenvalue weighted by Crippen LogP contribution is -2.48. The van der Waals surface area contributed by atoms with E-state index in [1.807, 2.05) is 0 Å². The van der Waals surface area contributed by atoms with Crippen molar-refractivity contribution in [3.63, 3.8) is 0 Å².